The molecule has 1 aromatic rings. The molecule has 90 valence electrons. The van der Waals surface area contributed by atoms with E-state index in [0.29, 0.717) is 31.5 Å². The number of hydrogen-bond acceptors (Lipinski definition) is 4. The quantitative estimate of drug-likeness (QED) is 0.795. The first kappa shape index (κ1) is 11.6. The Morgan fingerprint density at radius 2 is 2.12 bits per heavy atom. The van der Waals surface area contributed by atoms with E-state index < -0.39 is 5.97 Å². The van der Waals surface area contributed by atoms with Gasteiger partial charge >= 0.3 is 5.97 Å². The largest absolute Gasteiger partial charge is 0.481 e. The van der Waals surface area contributed by atoms with E-state index in [4.69, 9.17) is 5.11 Å². The van der Waals surface area contributed by atoms with Crippen molar-refractivity contribution in [2.24, 2.45) is 5.92 Å². The zero-order chi connectivity index (χ0) is 12.3. The van der Waals surface area contributed by atoms with Gasteiger partial charge in [-0.25, -0.2) is 4.98 Å². The third kappa shape index (κ3) is 2.61. The van der Waals surface area contributed by atoms with Gasteiger partial charge in [-0.15, -0.1) is 0 Å². The maximum Gasteiger partial charge on any atom is 0.306 e. The molecule has 0 bridgehead atoms. The summed E-state index contributed by atoms with van der Waals surface area (Å²) in [5.74, 6) is -0.145. The molecule has 0 spiro atoms. The molecule has 2 heterocycles. The van der Waals surface area contributed by atoms with Gasteiger partial charge in [-0.05, 0) is 25.0 Å². The highest BCUT2D eigenvalue weighted by Crippen LogP contribution is 2.21. The second-order valence-electron chi connectivity index (χ2n) is 4.17. The molecular weight excluding hydrogens is 220 g/mol. The summed E-state index contributed by atoms with van der Waals surface area (Å²) in [6, 6.07) is 3.52. The van der Waals surface area contributed by atoms with Gasteiger partial charge < -0.3 is 10.0 Å². The summed E-state index contributed by atoms with van der Waals surface area (Å²) in [7, 11) is 0. The summed E-state index contributed by atoms with van der Waals surface area (Å²) in [6.45, 7) is 1.40. The minimum atomic E-state index is -0.714. The summed E-state index contributed by atoms with van der Waals surface area (Å²) in [4.78, 5) is 27.5. The van der Waals surface area contributed by atoms with Gasteiger partial charge in [0.15, 0.2) is 6.29 Å². The van der Waals surface area contributed by atoms with Crippen LogP contribution in [0.1, 0.15) is 23.2 Å². The van der Waals surface area contributed by atoms with Crippen molar-refractivity contribution in [1.29, 1.82) is 0 Å². The zero-order valence-corrected chi connectivity index (χ0v) is 9.37. The molecule has 0 saturated carbocycles. The third-order valence-corrected chi connectivity index (χ3v) is 3.08. The van der Waals surface area contributed by atoms with Crippen LogP contribution in [-0.4, -0.2) is 35.4 Å². The molecule has 0 atom stereocenters. The maximum atomic E-state index is 10.8. The Labute approximate surface area is 99.1 Å². The van der Waals surface area contributed by atoms with Crippen molar-refractivity contribution in [2.45, 2.75) is 12.8 Å². The minimum absolute atomic E-state index is 0.236. The number of nitrogens with zero attached hydrogens (tertiary/aromatic N) is 2. The van der Waals surface area contributed by atoms with Gasteiger partial charge in [0.1, 0.15) is 5.82 Å². The SMILES string of the molecule is O=Cc1ccc(N2CCC(C(=O)O)CC2)nc1. The number of carbonyl (C=O) groups is 2. The second-order valence-corrected chi connectivity index (χ2v) is 4.17. The van der Waals surface area contributed by atoms with Crippen LogP contribution in [0.15, 0.2) is 18.3 Å². The van der Waals surface area contributed by atoms with Crippen molar-refractivity contribution >= 4 is 18.1 Å². The fraction of sp³-hybridized carbons (Fsp3) is 0.417. The van der Waals surface area contributed by atoms with E-state index in [1.54, 1.807) is 12.1 Å². The summed E-state index contributed by atoms with van der Waals surface area (Å²) in [5, 5.41) is 8.89. The number of aromatic nitrogens is 1. The number of piperidine rings is 1. The Balaban J connectivity index is 2.00. The monoisotopic (exact) mass is 234 g/mol. The molecule has 17 heavy (non-hydrogen) atoms. The zero-order valence-electron chi connectivity index (χ0n) is 9.37. The van der Waals surface area contributed by atoms with Crippen molar-refractivity contribution in [1.82, 2.24) is 4.98 Å². The summed E-state index contributed by atoms with van der Waals surface area (Å²) in [5.41, 5.74) is 0.550. The van der Waals surface area contributed by atoms with Crippen LogP contribution < -0.4 is 4.90 Å². The molecule has 1 fully saturated rings. The number of anilines is 1. The molecule has 1 aromatic heterocycles. The fourth-order valence-corrected chi connectivity index (χ4v) is 2.01. The number of pyridine rings is 1. The maximum absolute atomic E-state index is 10.8. The molecular formula is C12H14N2O3. The first-order valence-electron chi connectivity index (χ1n) is 5.59. The lowest BCUT2D eigenvalue weighted by Gasteiger charge is -2.30. The highest BCUT2D eigenvalue weighted by Gasteiger charge is 2.24. The van der Waals surface area contributed by atoms with Crippen molar-refractivity contribution in [3.05, 3.63) is 23.9 Å². The van der Waals surface area contributed by atoms with Crippen LogP contribution in [0.3, 0.4) is 0 Å². The average Bonchev–Trinajstić information content (AvgIpc) is 2.39. The molecule has 0 aliphatic carbocycles. The molecule has 2 rings (SSSR count). The topological polar surface area (TPSA) is 70.5 Å². The van der Waals surface area contributed by atoms with Crippen LogP contribution in [0.4, 0.5) is 5.82 Å². The smallest absolute Gasteiger partial charge is 0.306 e. The predicted octanol–water partition coefficient (Wildman–Crippen LogP) is 1.20. The molecule has 5 heteroatoms. The second kappa shape index (κ2) is 4.95. The number of carbonyl (C=O) groups excluding carboxylic acids is 1. The Morgan fingerprint density at radius 3 is 2.59 bits per heavy atom. The molecule has 1 aliphatic heterocycles. The van der Waals surface area contributed by atoms with Crippen molar-refractivity contribution in [2.75, 3.05) is 18.0 Å². The normalized spacial score (nSPS) is 16.8. The number of aldehydes is 1. The van der Waals surface area contributed by atoms with Crippen LogP contribution in [0.25, 0.3) is 0 Å². The van der Waals surface area contributed by atoms with Crippen LogP contribution in [0, 0.1) is 5.92 Å². The van der Waals surface area contributed by atoms with Gasteiger partial charge in [0, 0.05) is 24.8 Å². The lowest BCUT2D eigenvalue weighted by Crippen LogP contribution is -2.36. The number of carboxylic acid groups (broad SMARTS) is 1. The average molecular weight is 234 g/mol. The van der Waals surface area contributed by atoms with Crippen LogP contribution in [-0.2, 0) is 4.79 Å². The fourth-order valence-electron chi connectivity index (χ4n) is 2.01. The first-order chi connectivity index (χ1) is 8.20. The van der Waals surface area contributed by atoms with E-state index in [2.05, 4.69) is 4.98 Å². The van der Waals surface area contributed by atoms with Gasteiger partial charge in [0.2, 0.25) is 0 Å². The first-order valence-corrected chi connectivity index (χ1v) is 5.59. The van der Waals surface area contributed by atoms with Crippen LogP contribution in [0.5, 0.6) is 0 Å². The molecule has 1 aliphatic rings. The van der Waals surface area contributed by atoms with Gasteiger partial charge in [0.25, 0.3) is 0 Å². The van der Waals surface area contributed by atoms with E-state index in [-0.39, 0.29) is 5.92 Å². The summed E-state index contributed by atoms with van der Waals surface area (Å²) < 4.78 is 0. The Kier molecular flexibility index (Phi) is 3.37. The van der Waals surface area contributed by atoms with Crippen molar-refractivity contribution in [3.63, 3.8) is 0 Å². The lowest BCUT2D eigenvalue weighted by molar-refractivity contribution is -0.142. The molecule has 1 N–H and O–H groups in total. The van der Waals surface area contributed by atoms with E-state index in [1.165, 1.54) is 6.20 Å². The van der Waals surface area contributed by atoms with Gasteiger partial charge in [-0.1, -0.05) is 0 Å². The summed E-state index contributed by atoms with van der Waals surface area (Å²) in [6.07, 6.45) is 3.58. The number of carboxylic acids is 1. The van der Waals surface area contributed by atoms with Gasteiger partial charge in [0.05, 0.1) is 5.92 Å². The number of hydrogen-bond donors (Lipinski definition) is 1. The van der Waals surface area contributed by atoms with Gasteiger partial charge in [-0.2, -0.15) is 0 Å². The Hall–Kier alpha value is -1.91. The molecule has 0 radical (unpaired) electrons. The van der Waals surface area contributed by atoms with E-state index in [9.17, 15) is 9.59 Å². The predicted molar refractivity (Wildman–Crippen MR) is 62.2 cm³/mol. The van der Waals surface area contributed by atoms with E-state index in [1.807, 2.05) is 4.90 Å². The molecule has 0 aromatic carbocycles. The number of rotatable bonds is 3. The van der Waals surface area contributed by atoms with Crippen molar-refractivity contribution < 1.29 is 14.7 Å². The van der Waals surface area contributed by atoms with E-state index in [0.717, 1.165) is 12.1 Å². The highest BCUT2D eigenvalue weighted by atomic mass is 16.4. The molecule has 0 amide bonds. The van der Waals surface area contributed by atoms with Gasteiger partial charge in [-0.3, -0.25) is 9.59 Å². The molecule has 1 saturated heterocycles. The van der Waals surface area contributed by atoms with Crippen LogP contribution in [0.2, 0.25) is 0 Å². The summed E-state index contributed by atoms with van der Waals surface area (Å²) >= 11 is 0. The Bertz CT molecular complexity index is 408. The minimum Gasteiger partial charge on any atom is -0.481 e. The molecule has 0 unspecified atom stereocenters. The highest BCUT2D eigenvalue weighted by molar-refractivity contribution is 5.74. The van der Waals surface area contributed by atoms with E-state index >= 15 is 0 Å². The van der Waals surface area contributed by atoms with Crippen LogP contribution >= 0.6 is 0 Å². The third-order valence-electron chi connectivity index (χ3n) is 3.08. The lowest BCUT2D eigenvalue weighted by atomic mass is 9.97. The molecule has 5 nitrogen and oxygen atoms in total. The van der Waals surface area contributed by atoms with Crippen molar-refractivity contribution in [3.8, 4) is 0 Å². The standard InChI is InChI=1S/C12H14N2O3/c15-8-9-1-2-11(13-7-9)14-5-3-10(4-6-14)12(16)17/h1-2,7-8,10H,3-6H2,(H,16,17). The number of aliphatic carboxylic acids is 1. The Morgan fingerprint density at radius 1 is 1.41 bits per heavy atom.